The number of aromatic nitrogens is 4. The SMILES string of the molecule is COc1cc(-c2cc(F)cc(C(C)C)c2Nc2nc(S[O-])nn2SF)ccn1.[Na+]. The van der Waals surface area contributed by atoms with Gasteiger partial charge in [-0.1, -0.05) is 13.8 Å². The van der Waals surface area contributed by atoms with E-state index in [4.69, 9.17) is 4.74 Å². The second-order valence-corrected chi connectivity index (χ2v) is 7.04. The number of nitrogens with one attached hydrogen (secondary N) is 1. The molecule has 0 atom stereocenters. The summed E-state index contributed by atoms with van der Waals surface area (Å²) < 4.78 is 44.6. The Morgan fingerprint density at radius 3 is 2.66 bits per heavy atom. The van der Waals surface area contributed by atoms with Crippen LogP contribution in [0.2, 0.25) is 0 Å². The molecule has 3 rings (SSSR count). The van der Waals surface area contributed by atoms with Gasteiger partial charge in [0.2, 0.25) is 11.8 Å². The molecule has 0 spiro atoms. The Morgan fingerprint density at radius 2 is 2.03 bits per heavy atom. The van der Waals surface area contributed by atoms with Gasteiger partial charge in [-0.25, -0.2) is 9.37 Å². The number of hydrogen-bond donors (Lipinski definition) is 1. The molecule has 3 aromatic rings. The maximum Gasteiger partial charge on any atom is 1.00 e. The predicted molar refractivity (Wildman–Crippen MR) is 104 cm³/mol. The van der Waals surface area contributed by atoms with Crippen molar-refractivity contribution in [3.8, 4) is 17.0 Å². The quantitative estimate of drug-likeness (QED) is 0.435. The molecule has 0 bridgehead atoms. The standard InChI is InChI=1S/C17H17F2N5O2S2.Na/c1-9(2)12-7-11(18)8-13(10-4-5-20-14(6-10)26-3)15(12)21-16-22-17(27-25)23-24(16)28-19;/h4-9,25H,1-3H3,(H,21,22,23);/q;+1/p-1. The topological polar surface area (TPSA) is 87.9 Å². The maximum absolute atomic E-state index is 14.4. The first-order valence-corrected chi connectivity index (χ1v) is 9.55. The third-order valence-corrected chi connectivity index (χ3v) is 4.65. The first-order chi connectivity index (χ1) is 13.5. The van der Waals surface area contributed by atoms with Crippen LogP contribution < -0.4 is 39.6 Å². The Balaban J connectivity index is 0.00000300. The summed E-state index contributed by atoms with van der Waals surface area (Å²) in [5, 5.41) is 6.62. The van der Waals surface area contributed by atoms with Gasteiger partial charge in [0.25, 0.3) is 0 Å². The van der Waals surface area contributed by atoms with E-state index in [0.717, 1.165) is 4.09 Å². The number of pyridine rings is 1. The molecule has 148 valence electrons. The van der Waals surface area contributed by atoms with Crippen molar-refractivity contribution >= 4 is 36.0 Å². The number of nitrogens with zero attached hydrogens (tertiary/aromatic N) is 4. The number of hydrogen-bond acceptors (Lipinski definition) is 8. The Labute approximate surface area is 197 Å². The first-order valence-electron chi connectivity index (χ1n) is 8.13. The van der Waals surface area contributed by atoms with Crippen LogP contribution >= 0.6 is 24.4 Å². The normalized spacial score (nSPS) is 10.7. The average molecular weight is 447 g/mol. The summed E-state index contributed by atoms with van der Waals surface area (Å²) in [6.45, 7) is 3.81. The molecule has 29 heavy (non-hydrogen) atoms. The van der Waals surface area contributed by atoms with Crippen LogP contribution in [0.4, 0.5) is 19.9 Å². The smallest absolute Gasteiger partial charge is 0.793 e. The first kappa shape index (κ1) is 23.9. The number of methoxy groups -OCH3 is 1. The summed E-state index contributed by atoms with van der Waals surface area (Å²) in [6.07, 6.45) is 1.55. The van der Waals surface area contributed by atoms with E-state index in [1.165, 1.54) is 19.2 Å². The molecular weight excluding hydrogens is 431 g/mol. The van der Waals surface area contributed by atoms with Crippen molar-refractivity contribution in [3.63, 3.8) is 0 Å². The van der Waals surface area contributed by atoms with Crippen LogP contribution in [0.3, 0.4) is 0 Å². The molecule has 0 unspecified atom stereocenters. The molecule has 7 nitrogen and oxygen atoms in total. The third-order valence-electron chi connectivity index (χ3n) is 3.95. The van der Waals surface area contributed by atoms with Gasteiger partial charge in [0.15, 0.2) is 17.5 Å². The van der Waals surface area contributed by atoms with Crippen LogP contribution in [0, 0.1) is 5.82 Å². The van der Waals surface area contributed by atoms with E-state index in [9.17, 15) is 12.8 Å². The number of ether oxygens (including phenoxy) is 1. The number of anilines is 2. The summed E-state index contributed by atoms with van der Waals surface area (Å²) in [7, 11) is 1.49. The molecule has 0 amide bonds. The monoisotopic (exact) mass is 447 g/mol. The summed E-state index contributed by atoms with van der Waals surface area (Å²) >= 11 is -0.149. The van der Waals surface area contributed by atoms with Crippen LogP contribution in [-0.2, 0) is 0 Å². The van der Waals surface area contributed by atoms with E-state index >= 15 is 0 Å². The van der Waals surface area contributed by atoms with Crippen LogP contribution in [0.25, 0.3) is 11.1 Å². The van der Waals surface area contributed by atoms with Crippen molar-refractivity contribution in [3.05, 3.63) is 41.8 Å². The second-order valence-electron chi connectivity index (χ2n) is 6.03. The van der Waals surface area contributed by atoms with Crippen LogP contribution in [0.5, 0.6) is 5.88 Å². The molecule has 0 aliphatic carbocycles. The molecule has 0 saturated heterocycles. The van der Waals surface area contributed by atoms with E-state index in [0.29, 0.717) is 28.3 Å². The number of rotatable bonds is 7. The molecule has 0 aliphatic heterocycles. The van der Waals surface area contributed by atoms with Crippen LogP contribution in [0.15, 0.2) is 35.6 Å². The van der Waals surface area contributed by atoms with Gasteiger partial charge in [-0.05, 0) is 35.2 Å². The Bertz CT molecular complexity index is 990. The minimum absolute atomic E-state index is 0. The molecule has 2 aromatic heterocycles. The third kappa shape index (κ3) is 5.41. The Morgan fingerprint density at radius 1 is 1.28 bits per heavy atom. The minimum atomic E-state index is -0.419. The summed E-state index contributed by atoms with van der Waals surface area (Å²) in [4.78, 5) is 8.05. The van der Waals surface area contributed by atoms with Gasteiger partial charge in [0.05, 0.1) is 12.8 Å². The van der Waals surface area contributed by atoms with Gasteiger partial charge in [0.1, 0.15) is 5.82 Å². The van der Waals surface area contributed by atoms with Crippen molar-refractivity contribution in [2.75, 3.05) is 12.4 Å². The summed E-state index contributed by atoms with van der Waals surface area (Å²) in [5.41, 5.74) is 2.34. The fourth-order valence-corrected chi connectivity index (χ4v) is 3.24. The zero-order valence-electron chi connectivity index (χ0n) is 16.1. The Hall–Kier alpha value is -1.37. The largest absolute Gasteiger partial charge is 1.00 e. The van der Waals surface area contributed by atoms with Gasteiger partial charge in [-0.3, -0.25) is 0 Å². The van der Waals surface area contributed by atoms with Gasteiger partial charge >= 0.3 is 29.6 Å². The minimum Gasteiger partial charge on any atom is -0.793 e. The zero-order chi connectivity index (χ0) is 20.3. The van der Waals surface area contributed by atoms with Gasteiger partial charge in [-0.2, -0.15) is 17.0 Å². The fraction of sp³-hybridized carbons (Fsp3) is 0.235. The van der Waals surface area contributed by atoms with E-state index in [1.54, 1.807) is 18.3 Å². The average Bonchev–Trinajstić information content (AvgIpc) is 3.10. The van der Waals surface area contributed by atoms with Crippen molar-refractivity contribution in [2.45, 2.75) is 24.9 Å². The van der Waals surface area contributed by atoms with Gasteiger partial charge in [0, 0.05) is 17.8 Å². The second kappa shape index (κ2) is 10.6. The number of halogens is 2. The molecule has 0 saturated carbocycles. The molecule has 2 heterocycles. The van der Waals surface area contributed by atoms with Crippen molar-refractivity contribution in [1.82, 2.24) is 19.2 Å². The molecular formula is C17H16F2N5NaO2S2. The van der Waals surface area contributed by atoms with E-state index < -0.39 is 5.82 Å². The molecule has 0 fully saturated rings. The molecule has 0 radical (unpaired) electrons. The molecule has 1 aromatic carbocycles. The molecule has 12 heteroatoms. The maximum atomic E-state index is 14.4. The van der Waals surface area contributed by atoms with E-state index in [-0.39, 0.29) is 71.0 Å². The fourth-order valence-electron chi connectivity index (χ4n) is 2.69. The van der Waals surface area contributed by atoms with Gasteiger partial charge in [-0.15, -0.1) is 13.1 Å². The van der Waals surface area contributed by atoms with Crippen molar-refractivity contribution < 1.29 is 47.1 Å². The molecule has 0 aliphatic rings. The van der Waals surface area contributed by atoms with Crippen molar-refractivity contribution in [1.29, 1.82) is 0 Å². The van der Waals surface area contributed by atoms with Gasteiger partial charge < -0.3 is 14.6 Å². The van der Waals surface area contributed by atoms with E-state index in [2.05, 4.69) is 20.4 Å². The van der Waals surface area contributed by atoms with E-state index in [1.807, 2.05) is 13.8 Å². The summed E-state index contributed by atoms with van der Waals surface area (Å²) in [6, 6.07) is 6.13. The molecule has 1 N–H and O–H groups in total. The predicted octanol–water partition coefficient (Wildman–Crippen LogP) is 1.96. The zero-order valence-corrected chi connectivity index (χ0v) is 19.8. The van der Waals surface area contributed by atoms with Crippen LogP contribution in [-0.4, -0.2) is 30.8 Å². The number of benzene rings is 1. The van der Waals surface area contributed by atoms with Crippen LogP contribution in [0.1, 0.15) is 25.3 Å². The summed E-state index contributed by atoms with van der Waals surface area (Å²) in [5.74, 6) is -0.0893. The van der Waals surface area contributed by atoms with Crippen molar-refractivity contribution in [2.24, 2.45) is 0 Å². The Kier molecular flexibility index (Phi) is 8.73.